The van der Waals surface area contributed by atoms with Crippen molar-refractivity contribution in [3.63, 3.8) is 0 Å². The van der Waals surface area contributed by atoms with E-state index in [0.29, 0.717) is 13.0 Å². The van der Waals surface area contributed by atoms with Crippen LogP contribution in [0.4, 0.5) is 0 Å². The topological polar surface area (TPSA) is 58.2 Å². The van der Waals surface area contributed by atoms with Gasteiger partial charge in [-0.15, -0.1) is 0 Å². The fraction of sp³-hybridized carbons (Fsp3) is 1.00. The summed E-state index contributed by atoms with van der Waals surface area (Å²) in [5.41, 5.74) is 0. The van der Waals surface area contributed by atoms with E-state index in [4.69, 9.17) is 0 Å². The van der Waals surface area contributed by atoms with Gasteiger partial charge in [0, 0.05) is 11.3 Å². The second kappa shape index (κ2) is 6.23. The second-order valence-corrected chi connectivity index (χ2v) is 7.43. The van der Waals surface area contributed by atoms with Crippen molar-refractivity contribution >= 4 is 21.8 Å². The molecule has 0 aromatic carbocycles. The zero-order chi connectivity index (χ0) is 12.1. The fourth-order valence-corrected chi connectivity index (χ4v) is 3.45. The largest absolute Gasteiger partial charge is 0.317 e. The molecule has 96 valence electrons. The number of hydrogen-bond acceptors (Lipinski definition) is 4. The smallest absolute Gasteiger partial charge is 0.211 e. The molecule has 0 amide bonds. The van der Waals surface area contributed by atoms with Gasteiger partial charge in [-0.05, 0) is 38.6 Å². The van der Waals surface area contributed by atoms with E-state index in [1.807, 2.05) is 13.2 Å². The molecule has 0 aromatic rings. The van der Waals surface area contributed by atoms with Gasteiger partial charge in [0.15, 0.2) is 0 Å². The maximum absolute atomic E-state index is 11.6. The van der Waals surface area contributed by atoms with Crippen LogP contribution >= 0.6 is 11.8 Å². The molecule has 0 saturated heterocycles. The average Bonchev–Trinajstić information content (AvgIpc) is 3.03. The van der Waals surface area contributed by atoms with E-state index in [2.05, 4.69) is 10.0 Å². The van der Waals surface area contributed by atoms with E-state index in [1.165, 1.54) is 0 Å². The third kappa shape index (κ3) is 5.03. The van der Waals surface area contributed by atoms with Gasteiger partial charge in [-0.3, -0.25) is 0 Å². The summed E-state index contributed by atoms with van der Waals surface area (Å²) in [5, 5.41) is 3.12. The van der Waals surface area contributed by atoms with Crippen LogP contribution in [0.5, 0.6) is 0 Å². The minimum atomic E-state index is -3.07. The minimum Gasteiger partial charge on any atom is -0.317 e. The highest BCUT2D eigenvalue weighted by Gasteiger charge is 2.42. The predicted octanol–water partition coefficient (Wildman–Crippen LogP) is 0.801. The Labute approximate surface area is 103 Å². The zero-order valence-electron chi connectivity index (χ0n) is 10.1. The summed E-state index contributed by atoms with van der Waals surface area (Å²) in [5.74, 6) is 0.227. The Kier molecular flexibility index (Phi) is 5.56. The lowest BCUT2D eigenvalue weighted by Crippen LogP contribution is -2.34. The van der Waals surface area contributed by atoms with Crippen molar-refractivity contribution in [2.75, 3.05) is 31.6 Å². The van der Waals surface area contributed by atoms with Gasteiger partial charge < -0.3 is 5.32 Å². The first-order valence-corrected chi connectivity index (χ1v) is 8.64. The van der Waals surface area contributed by atoms with E-state index < -0.39 is 10.0 Å². The first-order chi connectivity index (χ1) is 7.54. The molecule has 0 aliphatic heterocycles. The number of hydrogen-bond donors (Lipinski definition) is 2. The van der Waals surface area contributed by atoms with Gasteiger partial charge in [0.1, 0.15) is 0 Å². The minimum absolute atomic E-state index is 0.203. The second-order valence-electron chi connectivity index (χ2n) is 4.23. The highest BCUT2D eigenvalue weighted by atomic mass is 32.2. The molecule has 0 atom stereocenters. The highest BCUT2D eigenvalue weighted by Crippen LogP contribution is 2.46. The van der Waals surface area contributed by atoms with E-state index >= 15 is 0 Å². The fourth-order valence-electron chi connectivity index (χ4n) is 1.47. The van der Waals surface area contributed by atoms with Gasteiger partial charge in [0.25, 0.3) is 0 Å². The van der Waals surface area contributed by atoms with Crippen LogP contribution in [0, 0.1) is 0 Å². The highest BCUT2D eigenvalue weighted by molar-refractivity contribution is 8.00. The Morgan fingerprint density at radius 3 is 2.56 bits per heavy atom. The van der Waals surface area contributed by atoms with Gasteiger partial charge in [0.2, 0.25) is 10.0 Å². The molecule has 6 heteroatoms. The van der Waals surface area contributed by atoms with Crippen molar-refractivity contribution in [2.45, 2.75) is 30.9 Å². The Hall–Kier alpha value is 0.220. The van der Waals surface area contributed by atoms with Gasteiger partial charge in [0.05, 0.1) is 5.75 Å². The molecule has 1 aliphatic carbocycles. The Bertz CT molecular complexity index is 300. The van der Waals surface area contributed by atoms with E-state index in [0.717, 1.165) is 25.9 Å². The van der Waals surface area contributed by atoms with E-state index in [-0.39, 0.29) is 10.5 Å². The molecular weight excluding hydrogens is 244 g/mol. The molecule has 0 spiro atoms. The van der Waals surface area contributed by atoms with Crippen LogP contribution in [-0.4, -0.2) is 44.8 Å². The van der Waals surface area contributed by atoms with Crippen molar-refractivity contribution < 1.29 is 8.42 Å². The van der Waals surface area contributed by atoms with Gasteiger partial charge in [-0.1, -0.05) is 6.92 Å². The molecule has 0 radical (unpaired) electrons. The molecule has 1 aliphatic rings. The van der Waals surface area contributed by atoms with Crippen LogP contribution in [0.1, 0.15) is 26.2 Å². The average molecular weight is 266 g/mol. The molecule has 0 heterocycles. The van der Waals surface area contributed by atoms with Crippen LogP contribution in [0.3, 0.4) is 0 Å². The zero-order valence-corrected chi connectivity index (χ0v) is 11.7. The monoisotopic (exact) mass is 266 g/mol. The third-order valence-corrected chi connectivity index (χ3v) is 5.70. The third-order valence-electron chi connectivity index (χ3n) is 2.87. The molecule has 0 unspecified atom stereocenters. The van der Waals surface area contributed by atoms with Crippen molar-refractivity contribution in [1.82, 2.24) is 10.0 Å². The van der Waals surface area contributed by atoms with Crippen LogP contribution in [-0.2, 0) is 10.0 Å². The number of thioether (sulfide) groups is 1. The molecule has 16 heavy (non-hydrogen) atoms. The van der Waals surface area contributed by atoms with Crippen LogP contribution in [0.25, 0.3) is 0 Å². The van der Waals surface area contributed by atoms with Gasteiger partial charge in [-0.25, -0.2) is 13.1 Å². The van der Waals surface area contributed by atoms with E-state index in [9.17, 15) is 8.42 Å². The van der Waals surface area contributed by atoms with Crippen molar-refractivity contribution in [3.8, 4) is 0 Å². The molecule has 2 N–H and O–H groups in total. The molecule has 0 bridgehead atoms. The number of rotatable bonds is 9. The van der Waals surface area contributed by atoms with Crippen molar-refractivity contribution in [2.24, 2.45) is 0 Å². The maximum atomic E-state index is 11.6. The predicted molar refractivity (Wildman–Crippen MR) is 70.4 cm³/mol. The molecule has 4 nitrogen and oxygen atoms in total. The standard InChI is InChI=1S/C10H22N2O2S2/c1-3-11-7-4-8-16(13,14)12-9-10(15-2)5-6-10/h11-12H,3-9H2,1-2H3. The quantitative estimate of drug-likeness (QED) is 0.606. The summed E-state index contributed by atoms with van der Waals surface area (Å²) < 4.78 is 26.2. The summed E-state index contributed by atoms with van der Waals surface area (Å²) in [6, 6.07) is 0. The van der Waals surface area contributed by atoms with Crippen LogP contribution < -0.4 is 10.0 Å². The number of sulfonamides is 1. The lowest BCUT2D eigenvalue weighted by Gasteiger charge is -2.13. The molecular formula is C10H22N2O2S2. The van der Waals surface area contributed by atoms with Crippen LogP contribution in [0.2, 0.25) is 0 Å². The number of nitrogens with one attached hydrogen (secondary N) is 2. The van der Waals surface area contributed by atoms with Gasteiger partial charge in [-0.2, -0.15) is 11.8 Å². The SMILES string of the molecule is CCNCCCS(=O)(=O)NCC1(SC)CC1. The molecule has 1 saturated carbocycles. The lowest BCUT2D eigenvalue weighted by molar-refractivity contribution is 0.574. The normalized spacial score (nSPS) is 18.6. The van der Waals surface area contributed by atoms with Crippen LogP contribution in [0.15, 0.2) is 0 Å². The Morgan fingerprint density at radius 2 is 2.06 bits per heavy atom. The van der Waals surface area contributed by atoms with Gasteiger partial charge >= 0.3 is 0 Å². The summed E-state index contributed by atoms with van der Waals surface area (Å²) in [7, 11) is -3.07. The summed E-state index contributed by atoms with van der Waals surface area (Å²) in [6.45, 7) is 4.27. The van der Waals surface area contributed by atoms with E-state index in [1.54, 1.807) is 11.8 Å². The first-order valence-electron chi connectivity index (χ1n) is 5.77. The van der Waals surface area contributed by atoms with Crippen molar-refractivity contribution in [3.05, 3.63) is 0 Å². The lowest BCUT2D eigenvalue weighted by atomic mass is 10.4. The molecule has 1 fully saturated rings. The Balaban J connectivity index is 2.18. The first kappa shape index (κ1) is 14.3. The Morgan fingerprint density at radius 1 is 1.38 bits per heavy atom. The van der Waals surface area contributed by atoms with Crippen molar-refractivity contribution in [1.29, 1.82) is 0 Å². The summed E-state index contributed by atoms with van der Waals surface area (Å²) >= 11 is 1.77. The maximum Gasteiger partial charge on any atom is 0.211 e. The summed E-state index contributed by atoms with van der Waals surface area (Å²) in [4.78, 5) is 0. The molecule has 0 aromatic heterocycles. The summed E-state index contributed by atoms with van der Waals surface area (Å²) in [6.07, 6.45) is 4.99. The molecule has 1 rings (SSSR count).